The number of aliphatic hydroxyl groups excluding tert-OH is 1. The molecule has 0 atom stereocenters. The van der Waals surface area contributed by atoms with Crippen molar-refractivity contribution in [1.29, 1.82) is 0 Å². The lowest BCUT2D eigenvalue weighted by molar-refractivity contribution is -0.141. The fourth-order valence-electron chi connectivity index (χ4n) is 2.37. The van der Waals surface area contributed by atoms with E-state index in [-0.39, 0.29) is 25.0 Å². The zero-order chi connectivity index (χ0) is 15.5. The van der Waals surface area contributed by atoms with Crippen molar-refractivity contribution in [3.63, 3.8) is 0 Å². The van der Waals surface area contributed by atoms with Crippen LogP contribution in [0.15, 0.2) is 12.3 Å². The van der Waals surface area contributed by atoms with Crippen molar-refractivity contribution in [3.8, 4) is 0 Å². The smallest absolute Gasteiger partial charge is 0.396 e. The third kappa shape index (κ3) is 3.98. The van der Waals surface area contributed by atoms with Crippen LogP contribution in [0.1, 0.15) is 18.5 Å². The Labute approximate surface area is 120 Å². The molecule has 8 heteroatoms. The SMILES string of the molecule is Nc1cnc(C(F)(F)F)cc1N1CCC(OCCO)CC1. The van der Waals surface area contributed by atoms with Crippen LogP contribution in [-0.4, -0.2) is 42.5 Å². The van der Waals surface area contributed by atoms with Gasteiger partial charge in [-0.05, 0) is 18.9 Å². The molecule has 0 saturated carbocycles. The predicted molar refractivity (Wildman–Crippen MR) is 71.9 cm³/mol. The first kappa shape index (κ1) is 15.8. The molecule has 118 valence electrons. The van der Waals surface area contributed by atoms with Gasteiger partial charge < -0.3 is 20.5 Å². The Hall–Kier alpha value is -1.54. The molecule has 3 N–H and O–H groups in total. The molecule has 2 heterocycles. The molecule has 0 amide bonds. The van der Waals surface area contributed by atoms with Crippen molar-refractivity contribution in [2.24, 2.45) is 0 Å². The van der Waals surface area contributed by atoms with Crippen molar-refractivity contribution < 1.29 is 23.0 Å². The summed E-state index contributed by atoms with van der Waals surface area (Å²) in [7, 11) is 0. The molecule has 1 aromatic rings. The number of piperidine rings is 1. The van der Waals surface area contributed by atoms with Crippen LogP contribution >= 0.6 is 0 Å². The van der Waals surface area contributed by atoms with E-state index in [0.717, 1.165) is 12.3 Å². The molecule has 5 nitrogen and oxygen atoms in total. The van der Waals surface area contributed by atoms with E-state index in [1.165, 1.54) is 0 Å². The molecule has 1 aromatic heterocycles. The maximum absolute atomic E-state index is 12.7. The maximum atomic E-state index is 12.7. The summed E-state index contributed by atoms with van der Waals surface area (Å²) in [4.78, 5) is 5.14. The highest BCUT2D eigenvalue weighted by atomic mass is 19.4. The second kappa shape index (κ2) is 6.48. The number of hydrogen-bond acceptors (Lipinski definition) is 5. The van der Waals surface area contributed by atoms with Crippen molar-refractivity contribution in [2.45, 2.75) is 25.1 Å². The fourth-order valence-corrected chi connectivity index (χ4v) is 2.37. The summed E-state index contributed by atoms with van der Waals surface area (Å²) in [6.07, 6.45) is -2.04. The molecule has 1 aliphatic heterocycles. The minimum absolute atomic E-state index is 0.0264. The second-order valence-electron chi connectivity index (χ2n) is 4.91. The number of alkyl halides is 3. The summed E-state index contributed by atoms with van der Waals surface area (Å²) in [6, 6.07) is 0.990. The van der Waals surface area contributed by atoms with Gasteiger partial charge in [0.05, 0.1) is 36.9 Å². The van der Waals surface area contributed by atoms with E-state index in [1.54, 1.807) is 0 Å². The number of ether oxygens (including phenoxy) is 1. The Kier molecular flexibility index (Phi) is 4.89. The minimum atomic E-state index is -4.48. The van der Waals surface area contributed by atoms with Crippen LogP contribution in [0.5, 0.6) is 0 Å². The van der Waals surface area contributed by atoms with Crippen LogP contribution in [0.25, 0.3) is 0 Å². The Morgan fingerprint density at radius 2 is 2.05 bits per heavy atom. The van der Waals surface area contributed by atoms with E-state index >= 15 is 0 Å². The maximum Gasteiger partial charge on any atom is 0.433 e. The van der Waals surface area contributed by atoms with Gasteiger partial charge in [-0.25, -0.2) is 4.98 Å². The van der Waals surface area contributed by atoms with Gasteiger partial charge in [0, 0.05) is 13.1 Å². The van der Waals surface area contributed by atoms with Crippen LogP contribution in [0.3, 0.4) is 0 Å². The predicted octanol–water partition coefficient (Wildman–Crippen LogP) is 1.66. The van der Waals surface area contributed by atoms with Gasteiger partial charge in [-0.2, -0.15) is 13.2 Å². The van der Waals surface area contributed by atoms with Gasteiger partial charge in [0.15, 0.2) is 0 Å². The molecule has 0 aliphatic carbocycles. The van der Waals surface area contributed by atoms with E-state index < -0.39 is 11.9 Å². The summed E-state index contributed by atoms with van der Waals surface area (Å²) in [5.41, 5.74) is 5.40. The standard InChI is InChI=1S/C13H18F3N3O2/c14-13(15,16)12-7-11(10(17)8-18-12)19-3-1-9(2-4-19)21-6-5-20/h7-9,20H,1-6,17H2. The normalized spacial score (nSPS) is 17.2. The Morgan fingerprint density at radius 1 is 1.38 bits per heavy atom. The van der Waals surface area contributed by atoms with E-state index in [9.17, 15) is 13.2 Å². The van der Waals surface area contributed by atoms with Crippen LogP contribution in [0, 0.1) is 0 Å². The summed E-state index contributed by atoms with van der Waals surface area (Å²) < 4.78 is 43.5. The van der Waals surface area contributed by atoms with Gasteiger partial charge in [-0.1, -0.05) is 0 Å². The van der Waals surface area contributed by atoms with Gasteiger partial charge in [-0.15, -0.1) is 0 Å². The highest BCUT2D eigenvalue weighted by Crippen LogP contribution is 2.33. The Morgan fingerprint density at radius 3 is 2.62 bits per heavy atom. The topological polar surface area (TPSA) is 71.6 Å². The number of nitrogens with two attached hydrogens (primary N) is 1. The molecule has 1 aliphatic rings. The summed E-state index contributed by atoms with van der Waals surface area (Å²) in [5.74, 6) is 0. The third-order valence-electron chi connectivity index (χ3n) is 3.43. The van der Waals surface area contributed by atoms with Crippen molar-refractivity contribution in [3.05, 3.63) is 18.0 Å². The average Bonchev–Trinajstić information content (AvgIpc) is 2.45. The number of aromatic nitrogens is 1. The summed E-state index contributed by atoms with van der Waals surface area (Å²) in [6.45, 7) is 1.36. The first-order chi connectivity index (χ1) is 9.91. The molecule has 1 saturated heterocycles. The lowest BCUT2D eigenvalue weighted by Gasteiger charge is -2.34. The van der Waals surface area contributed by atoms with Crippen molar-refractivity contribution in [2.75, 3.05) is 36.9 Å². The summed E-state index contributed by atoms with van der Waals surface area (Å²) in [5, 5.41) is 8.70. The first-order valence-electron chi connectivity index (χ1n) is 6.72. The minimum Gasteiger partial charge on any atom is -0.396 e. The quantitative estimate of drug-likeness (QED) is 0.885. The lowest BCUT2D eigenvalue weighted by Crippen LogP contribution is -2.38. The molecule has 0 radical (unpaired) electrons. The number of anilines is 2. The Bertz CT molecular complexity index is 474. The zero-order valence-electron chi connectivity index (χ0n) is 11.4. The molecule has 2 rings (SSSR count). The zero-order valence-corrected chi connectivity index (χ0v) is 11.4. The number of rotatable bonds is 4. The highest BCUT2D eigenvalue weighted by Gasteiger charge is 2.33. The molecular weight excluding hydrogens is 287 g/mol. The Balaban J connectivity index is 2.06. The fraction of sp³-hybridized carbons (Fsp3) is 0.615. The van der Waals surface area contributed by atoms with E-state index in [1.807, 2.05) is 4.90 Å². The number of aliphatic hydroxyl groups is 1. The number of halogens is 3. The molecule has 0 aromatic carbocycles. The van der Waals surface area contributed by atoms with Crippen molar-refractivity contribution >= 4 is 11.4 Å². The van der Waals surface area contributed by atoms with Crippen LogP contribution < -0.4 is 10.6 Å². The number of nitrogens with zero attached hydrogens (tertiary/aromatic N) is 2. The average molecular weight is 305 g/mol. The highest BCUT2D eigenvalue weighted by molar-refractivity contribution is 5.67. The molecule has 21 heavy (non-hydrogen) atoms. The number of nitrogen functional groups attached to an aromatic ring is 1. The van der Waals surface area contributed by atoms with E-state index in [2.05, 4.69) is 4.98 Å². The van der Waals surface area contributed by atoms with Gasteiger partial charge >= 0.3 is 6.18 Å². The monoisotopic (exact) mass is 305 g/mol. The van der Waals surface area contributed by atoms with Gasteiger partial charge in [0.25, 0.3) is 0 Å². The van der Waals surface area contributed by atoms with Gasteiger partial charge in [0.2, 0.25) is 0 Å². The first-order valence-corrected chi connectivity index (χ1v) is 6.72. The molecule has 0 bridgehead atoms. The number of hydrogen-bond donors (Lipinski definition) is 2. The van der Waals surface area contributed by atoms with Crippen LogP contribution in [0.4, 0.5) is 24.5 Å². The van der Waals surface area contributed by atoms with E-state index in [4.69, 9.17) is 15.6 Å². The van der Waals surface area contributed by atoms with Crippen molar-refractivity contribution in [1.82, 2.24) is 4.98 Å². The third-order valence-corrected chi connectivity index (χ3v) is 3.43. The molecular formula is C13H18F3N3O2. The number of pyridine rings is 1. The van der Waals surface area contributed by atoms with Crippen LogP contribution in [0.2, 0.25) is 0 Å². The molecule has 0 unspecified atom stereocenters. The van der Waals surface area contributed by atoms with Gasteiger partial charge in [-0.3, -0.25) is 0 Å². The molecule has 1 fully saturated rings. The second-order valence-corrected chi connectivity index (χ2v) is 4.91. The molecule has 0 spiro atoms. The van der Waals surface area contributed by atoms with Gasteiger partial charge in [0.1, 0.15) is 5.69 Å². The lowest BCUT2D eigenvalue weighted by atomic mass is 10.1. The summed E-state index contributed by atoms with van der Waals surface area (Å²) >= 11 is 0. The largest absolute Gasteiger partial charge is 0.433 e. The van der Waals surface area contributed by atoms with E-state index in [0.29, 0.717) is 31.6 Å². The van der Waals surface area contributed by atoms with Crippen LogP contribution in [-0.2, 0) is 10.9 Å².